The van der Waals surface area contributed by atoms with Gasteiger partial charge >= 0.3 is 8.80 Å². The van der Waals surface area contributed by atoms with Crippen LogP contribution in [0.1, 0.15) is 20.8 Å². The summed E-state index contributed by atoms with van der Waals surface area (Å²) in [5.74, 6) is -16.8. The van der Waals surface area contributed by atoms with Gasteiger partial charge in [0, 0.05) is 20.8 Å². The molecule has 0 aliphatic heterocycles. The molecule has 7 nitrogen and oxygen atoms in total. The van der Waals surface area contributed by atoms with Gasteiger partial charge in [-0.05, 0) is 0 Å². The lowest BCUT2D eigenvalue weighted by molar-refractivity contribution is -0.148. The second kappa shape index (κ2) is 8.12. The van der Waals surface area contributed by atoms with Crippen molar-refractivity contribution in [2.45, 2.75) is 20.8 Å². The molecule has 1 aromatic carbocycles. The molecule has 26 heavy (non-hydrogen) atoms. The molecule has 13 heteroatoms. The predicted octanol–water partition coefficient (Wildman–Crippen LogP) is 1.93. The van der Waals surface area contributed by atoms with E-state index in [1.165, 1.54) is 0 Å². The second-order valence-corrected chi connectivity index (χ2v) is 6.92. The summed E-state index contributed by atoms with van der Waals surface area (Å²) in [6, 6.07) is 0. The summed E-state index contributed by atoms with van der Waals surface area (Å²) in [5.41, 5.74) is 0. The number of carbonyl (C=O) groups excluding carboxylic acids is 3. The van der Waals surface area contributed by atoms with Crippen LogP contribution in [0.25, 0.3) is 0 Å². The van der Waals surface area contributed by atoms with E-state index in [1.807, 2.05) is 0 Å². The molecule has 0 aliphatic carbocycles. The Morgan fingerprint density at radius 2 is 1.00 bits per heavy atom. The lowest BCUT2D eigenvalue weighted by Crippen LogP contribution is -2.54. The standard InChI is InChI=1S/C13H11F5O7Si/c1-5(19)23-26(24-6(2)20,25-7(3)21)4-22-13-11(17)9(15)8(14)10(16)12(13)18/h4H2,1-3H3. The summed E-state index contributed by atoms with van der Waals surface area (Å²) in [4.78, 5) is 33.5. The van der Waals surface area contributed by atoms with Gasteiger partial charge in [0.25, 0.3) is 17.9 Å². The van der Waals surface area contributed by atoms with Crippen LogP contribution >= 0.6 is 0 Å². The highest BCUT2D eigenvalue weighted by atomic mass is 28.4. The zero-order valence-electron chi connectivity index (χ0n) is 13.5. The molecule has 0 N–H and O–H groups in total. The largest absolute Gasteiger partial charge is 0.745 e. The van der Waals surface area contributed by atoms with Crippen LogP contribution in [0.3, 0.4) is 0 Å². The monoisotopic (exact) mass is 402 g/mol. The van der Waals surface area contributed by atoms with Crippen LogP contribution in [0.5, 0.6) is 5.75 Å². The summed E-state index contributed by atoms with van der Waals surface area (Å²) < 4.78 is 84.9. The van der Waals surface area contributed by atoms with E-state index in [4.69, 9.17) is 0 Å². The van der Waals surface area contributed by atoms with E-state index < -0.39 is 67.8 Å². The van der Waals surface area contributed by atoms with E-state index in [0.29, 0.717) is 0 Å². The van der Waals surface area contributed by atoms with E-state index in [2.05, 4.69) is 18.0 Å². The Bertz CT molecular complexity index is 685. The van der Waals surface area contributed by atoms with Crippen molar-refractivity contribution < 1.29 is 54.4 Å². The van der Waals surface area contributed by atoms with Gasteiger partial charge in [-0.25, -0.2) is 13.2 Å². The molecule has 0 saturated carbocycles. The summed E-state index contributed by atoms with van der Waals surface area (Å²) in [7, 11) is -4.70. The summed E-state index contributed by atoms with van der Waals surface area (Å²) in [5, 5.41) is 0. The fourth-order valence-corrected chi connectivity index (χ4v) is 3.62. The minimum atomic E-state index is -4.70. The first-order valence-electron chi connectivity index (χ1n) is 6.63. The molecule has 0 radical (unpaired) electrons. The molecule has 1 rings (SSSR count). The van der Waals surface area contributed by atoms with Gasteiger partial charge < -0.3 is 18.0 Å². The average Bonchev–Trinajstić information content (AvgIpc) is 2.48. The fraction of sp³-hybridized carbons (Fsp3) is 0.308. The third-order valence-corrected chi connectivity index (χ3v) is 4.75. The smallest absolute Gasteiger partial charge is 0.479 e. The minimum absolute atomic E-state index is 0.827. The number of ether oxygens (including phenoxy) is 1. The SMILES string of the molecule is CC(=O)O[Si](COc1c(F)c(F)c(F)c(F)c1F)(OC(C)=O)OC(C)=O. The first-order chi connectivity index (χ1) is 11.9. The van der Waals surface area contributed by atoms with E-state index in [0.717, 1.165) is 20.8 Å². The van der Waals surface area contributed by atoms with Crippen molar-refractivity contribution in [1.29, 1.82) is 0 Å². The van der Waals surface area contributed by atoms with Crippen molar-refractivity contribution in [1.82, 2.24) is 0 Å². The normalized spacial score (nSPS) is 10.9. The molecule has 1 aromatic rings. The highest BCUT2D eigenvalue weighted by molar-refractivity contribution is 6.65. The molecule has 0 spiro atoms. The Hall–Kier alpha value is -2.70. The lowest BCUT2D eigenvalue weighted by atomic mass is 10.3. The van der Waals surface area contributed by atoms with Gasteiger partial charge in [0.05, 0.1) is 0 Å². The Labute approximate surface area is 144 Å². The van der Waals surface area contributed by atoms with Gasteiger partial charge in [-0.1, -0.05) is 0 Å². The molecule has 0 amide bonds. The number of carbonyl (C=O) groups is 3. The molecular formula is C13H11F5O7Si. The van der Waals surface area contributed by atoms with Crippen molar-refractivity contribution >= 4 is 26.7 Å². The lowest BCUT2D eigenvalue weighted by Gasteiger charge is -2.26. The van der Waals surface area contributed by atoms with Gasteiger partial charge in [-0.3, -0.25) is 14.4 Å². The van der Waals surface area contributed by atoms with E-state index >= 15 is 0 Å². The van der Waals surface area contributed by atoms with Crippen molar-refractivity contribution in [3.05, 3.63) is 29.1 Å². The molecule has 144 valence electrons. The number of hydrogen-bond acceptors (Lipinski definition) is 7. The summed E-state index contributed by atoms with van der Waals surface area (Å²) in [6.07, 6.45) is -1.29. The Balaban J connectivity index is 3.30. The van der Waals surface area contributed by atoms with Crippen LogP contribution in [-0.4, -0.2) is 32.9 Å². The van der Waals surface area contributed by atoms with Crippen LogP contribution in [0.15, 0.2) is 0 Å². The van der Waals surface area contributed by atoms with Crippen molar-refractivity contribution in [2.24, 2.45) is 0 Å². The van der Waals surface area contributed by atoms with Crippen LogP contribution < -0.4 is 4.74 Å². The summed E-state index contributed by atoms with van der Waals surface area (Å²) >= 11 is 0. The molecule has 0 bridgehead atoms. The van der Waals surface area contributed by atoms with Gasteiger partial charge in [0.1, 0.15) is 0 Å². The van der Waals surface area contributed by atoms with Gasteiger partial charge in [-0.15, -0.1) is 0 Å². The molecule has 0 unspecified atom stereocenters. The highest BCUT2D eigenvalue weighted by Crippen LogP contribution is 2.30. The zero-order valence-corrected chi connectivity index (χ0v) is 14.5. The third kappa shape index (κ3) is 4.90. The fourth-order valence-electron chi connectivity index (χ4n) is 1.68. The molecule has 0 fully saturated rings. The van der Waals surface area contributed by atoms with Crippen LogP contribution in [0, 0.1) is 29.1 Å². The highest BCUT2D eigenvalue weighted by Gasteiger charge is 2.54. The molecular weight excluding hydrogens is 391 g/mol. The van der Waals surface area contributed by atoms with Crippen molar-refractivity contribution in [3.8, 4) is 5.75 Å². The first kappa shape index (κ1) is 21.3. The molecule has 0 heterocycles. The van der Waals surface area contributed by atoms with E-state index in [-0.39, 0.29) is 0 Å². The molecule has 0 atom stereocenters. The van der Waals surface area contributed by atoms with Crippen LogP contribution in [0.2, 0.25) is 0 Å². The van der Waals surface area contributed by atoms with Crippen molar-refractivity contribution in [2.75, 3.05) is 6.23 Å². The average molecular weight is 402 g/mol. The zero-order chi connectivity index (χ0) is 20.2. The Kier molecular flexibility index (Phi) is 6.66. The number of rotatable bonds is 6. The number of hydrogen-bond donors (Lipinski definition) is 0. The molecule has 0 aromatic heterocycles. The van der Waals surface area contributed by atoms with Crippen LogP contribution in [-0.2, 0) is 27.7 Å². The minimum Gasteiger partial charge on any atom is -0.479 e. The molecule has 0 saturated heterocycles. The van der Waals surface area contributed by atoms with Crippen LogP contribution in [0.4, 0.5) is 22.0 Å². The maximum Gasteiger partial charge on any atom is 0.745 e. The Morgan fingerprint density at radius 3 is 1.31 bits per heavy atom. The quantitative estimate of drug-likeness (QED) is 0.311. The molecule has 0 aliphatic rings. The predicted molar refractivity (Wildman–Crippen MR) is 72.8 cm³/mol. The number of benzene rings is 1. The first-order valence-corrected chi connectivity index (χ1v) is 8.56. The van der Waals surface area contributed by atoms with E-state index in [9.17, 15) is 36.3 Å². The Morgan fingerprint density at radius 1 is 0.692 bits per heavy atom. The third-order valence-electron chi connectivity index (χ3n) is 2.46. The second-order valence-electron chi connectivity index (χ2n) is 4.65. The maximum absolute atomic E-state index is 13.6. The number of halogens is 5. The van der Waals surface area contributed by atoms with Gasteiger partial charge in [0.15, 0.2) is 12.0 Å². The van der Waals surface area contributed by atoms with Gasteiger partial charge in [-0.2, -0.15) is 8.78 Å². The topological polar surface area (TPSA) is 88.1 Å². The van der Waals surface area contributed by atoms with Crippen molar-refractivity contribution in [3.63, 3.8) is 0 Å². The van der Waals surface area contributed by atoms with E-state index in [1.54, 1.807) is 0 Å². The van der Waals surface area contributed by atoms with Gasteiger partial charge in [0.2, 0.25) is 29.1 Å². The maximum atomic E-state index is 13.6. The summed E-state index contributed by atoms with van der Waals surface area (Å²) in [6.45, 7) is 2.48.